The maximum Gasteiger partial charge on any atom is -0.0172 e. The zero-order valence-electron chi connectivity index (χ0n) is 9.35. The van der Waals surface area contributed by atoms with E-state index in [1.807, 2.05) is 26.0 Å². The molecule has 0 fully saturated rings. The molecular weight excluding hydrogens is 144 g/mol. The van der Waals surface area contributed by atoms with Gasteiger partial charge in [-0.1, -0.05) is 65.8 Å². The number of allylic oxidation sites excluding steroid dienone is 3. The molecule has 0 bridgehead atoms. The third kappa shape index (κ3) is 9.48. The van der Waals surface area contributed by atoms with Crippen molar-refractivity contribution < 1.29 is 0 Å². The molecule has 0 atom stereocenters. The van der Waals surface area contributed by atoms with Crippen molar-refractivity contribution in [1.29, 1.82) is 0 Å². The highest BCUT2D eigenvalue weighted by Crippen LogP contribution is 2.23. The summed E-state index contributed by atoms with van der Waals surface area (Å²) in [6, 6.07) is 0. The summed E-state index contributed by atoms with van der Waals surface area (Å²) < 4.78 is 0. The Kier molecular flexibility index (Phi) is 10.0. The Balaban J connectivity index is 0. The zero-order valence-corrected chi connectivity index (χ0v) is 9.35. The fourth-order valence-electron chi connectivity index (χ4n) is 1.06. The van der Waals surface area contributed by atoms with Gasteiger partial charge in [-0.25, -0.2) is 0 Å². The molecule has 0 aliphatic carbocycles. The Morgan fingerprint density at radius 1 is 1.25 bits per heavy atom. The van der Waals surface area contributed by atoms with Crippen molar-refractivity contribution in [2.24, 2.45) is 5.41 Å². The fourth-order valence-corrected chi connectivity index (χ4v) is 1.06. The molecule has 0 spiro atoms. The van der Waals surface area contributed by atoms with Crippen LogP contribution in [0.25, 0.3) is 0 Å². The Labute approximate surface area is 78.4 Å². The van der Waals surface area contributed by atoms with Crippen LogP contribution in [0.5, 0.6) is 0 Å². The minimum absolute atomic E-state index is 0.350. The first-order valence-electron chi connectivity index (χ1n) is 4.92. The smallest absolute Gasteiger partial charge is 0.0172 e. The van der Waals surface area contributed by atoms with Crippen molar-refractivity contribution in [3.8, 4) is 0 Å². The molecule has 0 radical (unpaired) electrons. The first-order valence-corrected chi connectivity index (χ1v) is 4.92. The second-order valence-corrected chi connectivity index (χ2v) is 3.33. The quantitative estimate of drug-likeness (QED) is 0.539. The van der Waals surface area contributed by atoms with Gasteiger partial charge in [0.25, 0.3) is 0 Å². The Morgan fingerprint density at radius 3 is 2.08 bits per heavy atom. The van der Waals surface area contributed by atoms with Gasteiger partial charge in [-0.3, -0.25) is 0 Å². The van der Waals surface area contributed by atoms with Gasteiger partial charge in [0.15, 0.2) is 0 Å². The highest BCUT2D eigenvalue weighted by molar-refractivity contribution is 5.03. The topological polar surface area (TPSA) is 0 Å². The summed E-state index contributed by atoms with van der Waals surface area (Å²) in [6.45, 7) is 14.3. The van der Waals surface area contributed by atoms with E-state index in [9.17, 15) is 0 Å². The van der Waals surface area contributed by atoms with Gasteiger partial charge in [0, 0.05) is 0 Å². The molecule has 0 rings (SSSR count). The highest BCUT2D eigenvalue weighted by atomic mass is 14.2. The molecule has 0 heteroatoms. The standard InChI is InChI=1S/C10H18.C2H6/c1-5-7-9-10(3,4)8-6-2;1-2/h5,7,9H,1,6,8H2,2-4H3;1-2H3/b9-7-;. The van der Waals surface area contributed by atoms with Crippen LogP contribution in [0.4, 0.5) is 0 Å². The lowest BCUT2D eigenvalue weighted by Gasteiger charge is -2.18. The van der Waals surface area contributed by atoms with Crippen LogP contribution in [0, 0.1) is 5.41 Å². The lowest BCUT2D eigenvalue weighted by molar-refractivity contribution is 0.432. The van der Waals surface area contributed by atoms with Crippen molar-refractivity contribution in [1.82, 2.24) is 0 Å². The fraction of sp³-hybridized carbons (Fsp3) is 0.667. The van der Waals surface area contributed by atoms with E-state index >= 15 is 0 Å². The van der Waals surface area contributed by atoms with Crippen LogP contribution in [0.1, 0.15) is 47.5 Å². The number of rotatable bonds is 4. The van der Waals surface area contributed by atoms with Crippen LogP contribution in [0.15, 0.2) is 24.8 Å². The SMILES string of the molecule is C=C/C=C\C(C)(C)CCC.CC. The zero-order chi connectivity index (χ0) is 10.0. The minimum atomic E-state index is 0.350. The largest absolute Gasteiger partial charge is 0.0991 e. The first-order chi connectivity index (χ1) is 5.62. The average molecular weight is 168 g/mol. The van der Waals surface area contributed by atoms with Crippen molar-refractivity contribution in [2.75, 3.05) is 0 Å². The molecule has 0 aliphatic rings. The predicted molar refractivity (Wildman–Crippen MR) is 59.4 cm³/mol. The van der Waals surface area contributed by atoms with Crippen molar-refractivity contribution in [2.45, 2.75) is 47.5 Å². The molecule has 0 unspecified atom stereocenters. The Bertz CT molecular complexity index is 118. The molecule has 0 aromatic rings. The van der Waals surface area contributed by atoms with Crippen molar-refractivity contribution >= 4 is 0 Å². The molecule has 72 valence electrons. The lowest BCUT2D eigenvalue weighted by Crippen LogP contribution is -2.05. The van der Waals surface area contributed by atoms with E-state index in [0.717, 1.165) is 0 Å². The molecule has 0 amide bonds. The van der Waals surface area contributed by atoms with Gasteiger partial charge in [0.2, 0.25) is 0 Å². The van der Waals surface area contributed by atoms with Crippen LogP contribution in [-0.4, -0.2) is 0 Å². The second kappa shape index (κ2) is 8.58. The minimum Gasteiger partial charge on any atom is -0.0991 e. The lowest BCUT2D eigenvalue weighted by atomic mass is 9.88. The maximum atomic E-state index is 3.64. The molecule has 0 aromatic heterocycles. The molecule has 0 heterocycles. The second-order valence-electron chi connectivity index (χ2n) is 3.33. The number of hydrogen-bond donors (Lipinski definition) is 0. The monoisotopic (exact) mass is 168 g/mol. The molecule has 0 aliphatic heterocycles. The van der Waals surface area contributed by atoms with Gasteiger partial charge in [0.1, 0.15) is 0 Å². The summed E-state index contributed by atoms with van der Waals surface area (Å²) in [5, 5.41) is 0. The normalized spacial score (nSPS) is 10.8. The summed E-state index contributed by atoms with van der Waals surface area (Å²) in [7, 11) is 0. The number of hydrogen-bond acceptors (Lipinski definition) is 0. The van der Waals surface area contributed by atoms with E-state index in [1.165, 1.54) is 12.8 Å². The maximum absolute atomic E-state index is 3.64. The van der Waals surface area contributed by atoms with E-state index in [1.54, 1.807) is 0 Å². The summed E-state index contributed by atoms with van der Waals surface area (Å²) in [4.78, 5) is 0. The highest BCUT2D eigenvalue weighted by Gasteiger charge is 2.10. The van der Waals surface area contributed by atoms with Crippen molar-refractivity contribution in [3.63, 3.8) is 0 Å². The Morgan fingerprint density at radius 2 is 1.75 bits per heavy atom. The molecule has 0 aromatic carbocycles. The molecule has 12 heavy (non-hydrogen) atoms. The van der Waals surface area contributed by atoms with Crippen LogP contribution in [-0.2, 0) is 0 Å². The van der Waals surface area contributed by atoms with E-state index in [2.05, 4.69) is 33.4 Å². The van der Waals surface area contributed by atoms with Gasteiger partial charge in [-0.15, -0.1) is 0 Å². The van der Waals surface area contributed by atoms with Crippen LogP contribution in [0.2, 0.25) is 0 Å². The molecule has 0 saturated carbocycles. The van der Waals surface area contributed by atoms with E-state index in [4.69, 9.17) is 0 Å². The van der Waals surface area contributed by atoms with Gasteiger partial charge in [-0.2, -0.15) is 0 Å². The van der Waals surface area contributed by atoms with E-state index in [0.29, 0.717) is 5.41 Å². The molecule has 0 saturated heterocycles. The van der Waals surface area contributed by atoms with Crippen LogP contribution < -0.4 is 0 Å². The Hall–Kier alpha value is -0.520. The van der Waals surface area contributed by atoms with Gasteiger partial charge in [0.05, 0.1) is 0 Å². The third-order valence-electron chi connectivity index (χ3n) is 1.58. The van der Waals surface area contributed by atoms with E-state index in [-0.39, 0.29) is 0 Å². The van der Waals surface area contributed by atoms with Crippen LogP contribution in [0.3, 0.4) is 0 Å². The first kappa shape index (κ1) is 14.0. The molecule has 0 N–H and O–H groups in total. The summed E-state index contributed by atoms with van der Waals surface area (Å²) >= 11 is 0. The average Bonchev–Trinajstić information content (AvgIpc) is 2.05. The summed E-state index contributed by atoms with van der Waals surface area (Å²) in [5.74, 6) is 0. The molecule has 0 nitrogen and oxygen atoms in total. The third-order valence-corrected chi connectivity index (χ3v) is 1.58. The summed E-state index contributed by atoms with van der Waals surface area (Å²) in [6.07, 6.45) is 8.56. The van der Waals surface area contributed by atoms with Gasteiger partial charge >= 0.3 is 0 Å². The van der Waals surface area contributed by atoms with Gasteiger partial charge < -0.3 is 0 Å². The van der Waals surface area contributed by atoms with Crippen molar-refractivity contribution in [3.05, 3.63) is 24.8 Å². The molecular formula is C12H24. The van der Waals surface area contributed by atoms with Gasteiger partial charge in [-0.05, 0) is 11.8 Å². The predicted octanol–water partition coefficient (Wildman–Crippen LogP) is 4.58. The van der Waals surface area contributed by atoms with Crippen LogP contribution >= 0.6 is 0 Å². The summed E-state index contributed by atoms with van der Waals surface area (Å²) in [5.41, 5.74) is 0.350. The van der Waals surface area contributed by atoms with E-state index < -0.39 is 0 Å².